The number of benzene rings is 2. The maximum absolute atomic E-state index is 12.7. The molecule has 0 spiro atoms. The summed E-state index contributed by atoms with van der Waals surface area (Å²) in [6, 6.07) is 9.81. The van der Waals surface area contributed by atoms with E-state index in [0.717, 1.165) is 5.56 Å². The molecule has 9 heteroatoms. The number of anilines is 1. The number of nitrogens with zero attached hydrogens (tertiary/aromatic N) is 1. The maximum Gasteiger partial charge on any atom is 0.262 e. The van der Waals surface area contributed by atoms with Gasteiger partial charge in [0.1, 0.15) is 5.75 Å². The minimum absolute atomic E-state index is 0.196. The Morgan fingerprint density at radius 3 is 2.52 bits per heavy atom. The predicted octanol–water partition coefficient (Wildman–Crippen LogP) is 3.00. The van der Waals surface area contributed by atoms with Gasteiger partial charge in [0.2, 0.25) is 10.0 Å². The molecule has 3 rings (SSSR count). The summed E-state index contributed by atoms with van der Waals surface area (Å²) in [7, 11) is -3.57. The summed E-state index contributed by atoms with van der Waals surface area (Å²) in [6.45, 7) is 4.85. The fraction of sp³-hybridized carbons (Fsp3) is 0.350. The SMILES string of the molecule is Cc1cc(Cl)ccc1NC(=O)COc1ccc(S(=O)(=O)N2CCOCC2)cc1C. The number of ether oxygens (including phenoxy) is 2. The lowest BCUT2D eigenvalue weighted by Crippen LogP contribution is -2.40. The average molecular weight is 439 g/mol. The first-order chi connectivity index (χ1) is 13.8. The van der Waals surface area contributed by atoms with Gasteiger partial charge >= 0.3 is 0 Å². The molecular weight excluding hydrogens is 416 g/mol. The molecule has 0 unspecified atom stereocenters. The van der Waals surface area contributed by atoms with Gasteiger partial charge < -0.3 is 14.8 Å². The number of carbonyl (C=O) groups is 1. The number of hydrogen-bond donors (Lipinski definition) is 1. The molecule has 1 N–H and O–H groups in total. The second-order valence-corrected chi connectivity index (χ2v) is 9.11. The highest BCUT2D eigenvalue weighted by atomic mass is 35.5. The van der Waals surface area contributed by atoms with Crippen LogP contribution in [0.15, 0.2) is 41.3 Å². The minimum Gasteiger partial charge on any atom is -0.483 e. The lowest BCUT2D eigenvalue weighted by Gasteiger charge is -2.26. The molecule has 1 amide bonds. The van der Waals surface area contributed by atoms with Crippen LogP contribution in [0, 0.1) is 13.8 Å². The highest BCUT2D eigenvalue weighted by Gasteiger charge is 2.26. The second kappa shape index (κ2) is 9.13. The van der Waals surface area contributed by atoms with Gasteiger partial charge in [0, 0.05) is 23.8 Å². The van der Waals surface area contributed by atoms with Crippen molar-refractivity contribution in [3.8, 4) is 5.75 Å². The number of hydrogen-bond acceptors (Lipinski definition) is 5. The van der Waals surface area contributed by atoms with E-state index in [2.05, 4.69) is 5.32 Å². The molecule has 0 radical (unpaired) electrons. The first-order valence-corrected chi connectivity index (χ1v) is 11.0. The summed E-state index contributed by atoms with van der Waals surface area (Å²) >= 11 is 5.92. The van der Waals surface area contributed by atoms with Crippen molar-refractivity contribution < 1.29 is 22.7 Å². The summed E-state index contributed by atoms with van der Waals surface area (Å²) in [5, 5.41) is 3.37. The molecule has 156 valence electrons. The average Bonchev–Trinajstić information content (AvgIpc) is 2.70. The number of halogens is 1. The Morgan fingerprint density at radius 2 is 1.86 bits per heavy atom. The number of morpholine rings is 1. The molecule has 1 saturated heterocycles. The highest BCUT2D eigenvalue weighted by Crippen LogP contribution is 2.25. The van der Waals surface area contributed by atoms with Gasteiger partial charge in [0.15, 0.2) is 6.61 Å². The second-order valence-electron chi connectivity index (χ2n) is 6.74. The zero-order valence-electron chi connectivity index (χ0n) is 16.3. The molecule has 0 saturated carbocycles. The van der Waals surface area contributed by atoms with Gasteiger partial charge in [-0.1, -0.05) is 11.6 Å². The third-order valence-corrected chi connectivity index (χ3v) is 6.71. The molecule has 2 aromatic carbocycles. The third-order valence-electron chi connectivity index (χ3n) is 4.58. The van der Waals surface area contributed by atoms with Gasteiger partial charge in [-0.2, -0.15) is 4.31 Å². The monoisotopic (exact) mass is 438 g/mol. The molecule has 7 nitrogen and oxygen atoms in total. The summed E-state index contributed by atoms with van der Waals surface area (Å²) in [4.78, 5) is 12.4. The largest absolute Gasteiger partial charge is 0.483 e. The number of rotatable bonds is 6. The van der Waals surface area contributed by atoms with Gasteiger partial charge in [-0.25, -0.2) is 8.42 Å². The Kier molecular flexibility index (Phi) is 6.79. The summed E-state index contributed by atoms with van der Waals surface area (Å²) in [5.41, 5.74) is 2.14. The molecule has 0 atom stereocenters. The number of amides is 1. The number of aryl methyl sites for hydroxylation is 2. The van der Waals surface area contributed by atoms with E-state index in [1.54, 1.807) is 37.3 Å². The van der Waals surface area contributed by atoms with Gasteiger partial charge in [0.25, 0.3) is 5.91 Å². The molecular formula is C20H23ClN2O5S. The Bertz CT molecular complexity index is 1000. The van der Waals surface area contributed by atoms with E-state index in [4.69, 9.17) is 21.1 Å². The molecule has 29 heavy (non-hydrogen) atoms. The van der Waals surface area contributed by atoms with Crippen molar-refractivity contribution in [3.05, 3.63) is 52.5 Å². The van der Waals surface area contributed by atoms with Crippen molar-refractivity contribution in [3.63, 3.8) is 0 Å². The van der Waals surface area contributed by atoms with Crippen LogP contribution in [0.25, 0.3) is 0 Å². The normalized spacial score (nSPS) is 15.1. The van der Waals surface area contributed by atoms with Crippen LogP contribution in [0.4, 0.5) is 5.69 Å². The van der Waals surface area contributed by atoms with E-state index in [0.29, 0.717) is 48.3 Å². The van der Waals surface area contributed by atoms with E-state index < -0.39 is 10.0 Å². The van der Waals surface area contributed by atoms with Crippen molar-refractivity contribution in [2.75, 3.05) is 38.2 Å². The van der Waals surface area contributed by atoms with Crippen LogP contribution in [0.3, 0.4) is 0 Å². The Hall–Kier alpha value is -2.13. The maximum atomic E-state index is 12.7. The predicted molar refractivity (Wildman–Crippen MR) is 111 cm³/mol. The summed E-state index contributed by atoms with van der Waals surface area (Å²) in [5.74, 6) is 0.133. The topological polar surface area (TPSA) is 84.9 Å². The highest BCUT2D eigenvalue weighted by molar-refractivity contribution is 7.89. The van der Waals surface area contributed by atoms with Gasteiger partial charge in [-0.05, 0) is 61.4 Å². The lowest BCUT2D eigenvalue weighted by atomic mass is 10.2. The van der Waals surface area contributed by atoms with Crippen molar-refractivity contribution in [2.24, 2.45) is 0 Å². The smallest absolute Gasteiger partial charge is 0.262 e. The number of sulfonamides is 1. The first-order valence-electron chi connectivity index (χ1n) is 9.15. The lowest BCUT2D eigenvalue weighted by molar-refractivity contribution is -0.118. The summed E-state index contributed by atoms with van der Waals surface area (Å²) < 4.78 is 37.7. The first kappa shape index (κ1) is 21.6. The van der Waals surface area contributed by atoms with Crippen LogP contribution in [0.1, 0.15) is 11.1 Å². The van der Waals surface area contributed by atoms with E-state index in [1.165, 1.54) is 10.4 Å². The van der Waals surface area contributed by atoms with E-state index in [-0.39, 0.29) is 17.4 Å². The Balaban J connectivity index is 1.64. The molecule has 1 fully saturated rings. The molecule has 2 aromatic rings. The fourth-order valence-corrected chi connectivity index (χ4v) is 4.70. The molecule has 1 aliphatic heterocycles. The van der Waals surface area contributed by atoms with Crippen molar-refractivity contribution in [1.82, 2.24) is 4.31 Å². The van der Waals surface area contributed by atoms with Crippen LogP contribution in [-0.2, 0) is 19.6 Å². The van der Waals surface area contributed by atoms with Crippen molar-refractivity contribution >= 4 is 33.2 Å². The molecule has 1 aliphatic rings. The van der Waals surface area contributed by atoms with Gasteiger partial charge in [0.05, 0.1) is 18.1 Å². The minimum atomic E-state index is -3.57. The van der Waals surface area contributed by atoms with Crippen LogP contribution < -0.4 is 10.1 Å². The number of nitrogens with one attached hydrogen (secondary N) is 1. The molecule has 0 aliphatic carbocycles. The van der Waals surface area contributed by atoms with Gasteiger partial charge in [-0.3, -0.25) is 4.79 Å². The standard InChI is InChI=1S/C20H23ClN2O5S/c1-14-11-16(21)3-5-18(14)22-20(24)13-28-19-6-4-17(12-15(19)2)29(25,26)23-7-9-27-10-8-23/h3-6,11-12H,7-10,13H2,1-2H3,(H,22,24). The van der Waals surface area contributed by atoms with Crippen molar-refractivity contribution in [1.29, 1.82) is 0 Å². The quantitative estimate of drug-likeness (QED) is 0.749. The molecule has 0 bridgehead atoms. The van der Waals surface area contributed by atoms with Crippen LogP contribution in [0.2, 0.25) is 5.02 Å². The van der Waals surface area contributed by atoms with Gasteiger partial charge in [-0.15, -0.1) is 0 Å². The van der Waals surface area contributed by atoms with Crippen LogP contribution in [0.5, 0.6) is 5.75 Å². The van der Waals surface area contributed by atoms with E-state index >= 15 is 0 Å². The van der Waals surface area contributed by atoms with Crippen molar-refractivity contribution in [2.45, 2.75) is 18.7 Å². The van der Waals surface area contributed by atoms with Crippen LogP contribution in [-0.4, -0.2) is 51.5 Å². The van der Waals surface area contributed by atoms with E-state index in [1.807, 2.05) is 6.92 Å². The summed E-state index contributed by atoms with van der Waals surface area (Å²) in [6.07, 6.45) is 0. The molecule has 0 aromatic heterocycles. The zero-order valence-corrected chi connectivity index (χ0v) is 17.8. The Labute approximate surface area is 175 Å². The third kappa shape index (κ3) is 5.27. The zero-order chi connectivity index (χ0) is 21.0. The van der Waals surface area contributed by atoms with E-state index in [9.17, 15) is 13.2 Å². The number of carbonyl (C=O) groups excluding carboxylic acids is 1. The molecule has 1 heterocycles. The Morgan fingerprint density at radius 1 is 1.14 bits per heavy atom. The van der Waals surface area contributed by atoms with Crippen LogP contribution >= 0.6 is 11.6 Å². The fourth-order valence-electron chi connectivity index (χ4n) is 2.98.